The monoisotopic (exact) mass is 251 g/mol. The van der Waals surface area contributed by atoms with E-state index in [-0.39, 0.29) is 5.92 Å². The van der Waals surface area contributed by atoms with E-state index in [1.54, 1.807) is 32.4 Å². The number of hydrogen-bond acceptors (Lipinski definition) is 4. The molecule has 1 saturated carbocycles. The van der Waals surface area contributed by atoms with Gasteiger partial charge in [-0.15, -0.1) is 0 Å². The standard InChI is InChI=1S/C13H17NO4/c1-17-10-6-5-9(7-11(10)18-2)14-12(13(15)16)8-3-4-8/h5-8,12,14H,3-4H2,1-2H3,(H,15,16). The Morgan fingerprint density at radius 2 is 2.00 bits per heavy atom. The van der Waals surface area contributed by atoms with Crippen LogP contribution in [0.4, 0.5) is 5.69 Å². The average Bonchev–Trinajstić information content (AvgIpc) is 3.19. The Hall–Kier alpha value is -1.91. The lowest BCUT2D eigenvalue weighted by atomic mass is 10.1. The van der Waals surface area contributed by atoms with Gasteiger partial charge in [0.05, 0.1) is 14.2 Å². The molecule has 1 aromatic carbocycles. The molecule has 2 rings (SSSR count). The van der Waals surface area contributed by atoms with Crippen molar-refractivity contribution in [3.63, 3.8) is 0 Å². The Labute approximate surface area is 106 Å². The molecule has 98 valence electrons. The molecule has 0 radical (unpaired) electrons. The topological polar surface area (TPSA) is 67.8 Å². The third kappa shape index (κ3) is 2.67. The molecule has 1 unspecified atom stereocenters. The first-order valence-electron chi connectivity index (χ1n) is 5.87. The summed E-state index contributed by atoms with van der Waals surface area (Å²) in [6, 6.07) is 4.77. The fourth-order valence-corrected chi connectivity index (χ4v) is 1.92. The maximum atomic E-state index is 11.1. The molecule has 0 heterocycles. The second-order valence-electron chi connectivity index (χ2n) is 4.37. The minimum Gasteiger partial charge on any atom is -0.493 e. The predicted octanol–water partition coefficient (Wildman–Crippen LogP) is 1.98. The first-order chi connectivity index (χ1) is 8.65. The second kappa shape index (κ2) is 5.16. The molecule has 1 aromatic rings. The Balaban J connectivity index is 2.15. The first kappa shape index (κ1) is 12.5. The Morgan fingerprint density at radius 3 is 2.50 bits per heavy atom. The summed E-state index contributed by atoms with van der Waals surface area (Å²) < 4.78 is 10.3. The number of carboxylic acids is 1. The van der Waals surface area contributed by atoms with Crippen LogP contribution >= 0.6 is 0 Å². The highest BCUT2D eigenvalue weighted by Crippen LogP contribution is 2.36. The van der Waals surface area contributed by atoms with Crippen molar-refractivity contribution in [2.24, 2.45) is 5.92 Å². The van der Waals surface area contributed by atoms with Crippen molar-refractivity contribution in [3.8, 4) is 11.5 Å². The van der Waals surface area contributed by atoms with Crippen LogP contribution in [0.2, 0.25) is 0 Å². The molecule has 0 aliphatic heterocycles. The molecule has 5 heteroatoms. The van der Waals surface area contributed by atoms with Gasteiger partial charge < -0.3 is 19.9 Å². The van der Waals surface area contributed by atoms with Gasteiger partial charge in [0.1, 0.15) is 6.04 Å². The average molecular weight is 251 g/mol. The molecule has 0 amide bonds. The van der Waals surface area contributed by atoms with E-state index in [9.17, 15) is 4.79 Å². The number of nitrogens with one attached hydrogen (secondary N) is 1. The van der Waals surface area contributed by atoms with Gasteiger partial charge in [-0.2, -0.15) is 0 Å². The summed E-state index contributed by atoms with van der Waals surface area (Å²) in [5, 5.41) is 12.2. The van der Waals surface area contributed by atoms with Crippen molar-refractivity contribution in [2.75, 3.05) is 19.5 Å². The van der Waals surface area contributed by atoms with Crippen LogP contribution in [0.5, 0.6) is 11.5 Å². The summed E-state index contributed by atoms with van der Waals surface area (Å²) in [6.45, 7) is 0. The summed E-state index contributed by atoms with van der Waals surface area (Å²) >= 11 is 0. The fraction of sp³-hybridized carbons (Fsp3) is 0.462. The van der Waals surface area contributed by atoms with E-state index >= 15 is 0 Å². The molecule has 0 spiro atoms. The smallest absolute Gasteiger partial charge is 0.326 e. The molecule has 1 aliphatic carbocycles. The van der Waals surface area contributed by atoms with Crippen LogP contribution in [0.3, 0.4) is 0 Å². The van der Waals surface area contributed by atoms with Crippen molar-refractivity contribution in [1.29, 1.82) is 0 Å². The molecular formula is C13H17NO4. The van der Waals surface area contributed by atoms with E-state index in [0.717, 1.165) is 18.5 Å². The number of carboxylic acid groups (broad SMARTS) is 1. The van der Waals surface area contributed by atoms with Crippen molar-refractivity contribution in [2.45, 2.75) is 18.9 Å². The number of carbonyl (C=O) groups is 1. The summed E-state index contributed by atoms with van der Waals surface area (Å²) in [4.78, 5) is 11.1. The van der Waals surface area contributed by atoms with Gasteiger partial charge >= 0.3 is 5.97 Å². The number of aliphatic carboxylic acids is 1. The number of anilines is 1. The van der Waals surface area contributed by atoms with Crippen molar-refractivity contribution < 1.29 is 19.4 Å². The van der Waals surface area contributed by atoms with Gasteiger partial charge in [-0.3, -0.25) is 0 Å². The molecule has 0 aromatic heterocycles. The van der Waals surface area contributed by atoms with Crippen LogP contribution in [0.25, 0.3) is 0 Å². The molecule has 0 bridgehead atoms. The zero-order chi connectivity index (χ0) is 13.1. The Kier molecular flexibility index (Phi) is 3.60. The molecule has 18 heavy (non-hydrogen) atoms. The largest absolute Gasteiger partial charge is 0.493 e. The van der Waals surface area contributed by atoms with Crippen LogP contribution in [0.15, 0.2) is 18.2 Å². The summed E-state index contributed by atoms with van der Waals surface area (Å²) in [7, 11) is 3.12. The first-order valence-corrected chi connectivity index (χ1v) is 5.87. The molecule has 2 N–H and O–H groups in total. The van der Waals surface area contributed by atoms with Gasteiger partial charge in [-0.05, 0) is 30.9 Å². The lowest BCUT2D eigenvalue weighted by molar-refractivity contribution is -0.138. The van der Waals surface area contributed by atoms with Crippen molar-refractivity contribution in [1.82, 2.24) is 0 Å². The second-order valence-corrected chi connectivity index (χ2v) is 4.37. The van der Waals surface area contributed by atoms with E-state index in [1.807, 2.05) is 0 Å². The molecule has 1 aliphatic rings. The number of hydrogen-bond donors (Lipinski definition) is 2. The zero-order valence-corrected chi connectivity index (χ0v) is 10.5. The summed E-state index contributed by atoms with van der Waals surface area (Å²) in [6.07, 6.45) is 1.94. The van der Waals surface area contributed by atoms with Crippen LogP contribution in [0, 0.1) is 5.92 Å². The molecule has 5 nitrogen and oxygen atoms in total. The summed E-state index contributed by atoms with van der Waals surface area (Å²) in [5.41, 5.74) is 0.729. The van der Waals surface area contributed by atoms with Crippen LogP contribution < -0.4 is 14.8 Å². The van der Waals surface area contributed by atoms with E-state index in [2.05, 4.69) is 5.32 Å². The third-order valence-corrected chi connectivity index (χ3v) is 3.07. The van der Waals surface area contributed by atoms with Gasteiger partial charge in [-0.25, -0.2) is 4.79 Å². The zero-order valence-electron chi connectivity index (χ0n) is 10.5. The number of ether oxygens (including phenoxy) is 2. The normalized spacial score (nSPS) is 15.9. The molecule has 1 atom stereocenters. The minimum absolute atomic E-state index is 0.232. The quantitative estimate of drug-likeness (QED) is 0.809. The highest BCUT2D eigenvalue weighted by atomic mass is 16.5. The van der Waals surface area contributed by atoms with Crippen LogP contribution in [-0.4, -0.2) is 31.3 Å². The van der Waals surface area contributed by atoms with E-state index in [0.29, 0.717) is 11.5 Å². The highest BCUT2D eigenvalue weighted by Gasteiger charge is 2.36. The van der Waals surface area contributed by atoms with Gasteiger partial charge in [-0.1, -0.05) is 0 Å². The Bertz CT molecular complexity index is 443. The predicted molar refractivity (Wildman–Crippen MR) is 67.3 cm³/mol. The van der Waals surface area contributed by atoms with Crippen LogP contribution in [0.1, 0.15) is 12.8 Å². The van der Waals surface area contributed by atoms with E-state index in [1.165, 1.54) is 0 Å². The lowest BCUT2D eigenvalue weighted by Crippen LogP contribution is -2.31. The number of benzene rings is 1. The molecule has 0 saturated heterocycles. The molecular weight excluding hydrogens is 234 g/mol. The van der Waals surface area contributed by atoms with Gasteiger partial charge in [0.25, 0.3) is 0 Å². The third-order valence-electron chi connectivity index (χ3n) is 3.07. The Morgan fingerprint density at radius 1 is 1.33 bits per heavy atom. The van der Waals surface area contributed by atoms with E-state index < -0.39 is 12.0 Å². The number of rotatable bonds is 6. The SMILES string of the molecule is COc1ccc(NC(C(=O)O)C2CC2)cc1OC. The fourth-order valence-electron chi connectivity index (χ4n) is 1.92. The van der Waals surface area contributed by atoms with Gasteiger partial charge in [0.2, 0.25) is 0 Å². The highest BCUT2D eigenvalue weighted by molar-refractivity contribution is 5.78. The number of methoxy groups -OCH3 is 2. The van der Waals surface area contributed by atoms with Crippen molar-refractivity contribution in [3.05, 3.63) is 18.2 Å². The van der Waals surface area contributed by atoms with Gasteiger partial charge in [0.15, 0.2) is 11.5 Å². The van der Waals surface area contributed by atoms with Crippen LogP contribution in [-0.2, 0) is 4.79 Å². The maximum Gasteiger partial charge on any atom is 0.326 e. The van der Waals surface area contributed by atoms with Crippen molar-refractivity contribution >= 4 is 11.7 Å². The minimum atomic E-state index is -0.813. The molecule has 1 fully saturated rings. The summed E-state index contributed by atoms with van der Waals surface area (Å²) in [5.74, 6) is 0.631. The van der Waals surface area contributed by atoms with E-state index in [4.69, 9.17) is 14.6 Å². The van der Waals surface area contributed by atoms with Gasteiger partial charge in [0, 0.05) is 11.8 Å². The lowest BCUT2D eigenvalue weighted by Gasteiger charge is -2.16. The maximum absolute atomic E-state index is 11.1.